The molecular formula is C10H10BrNO2. The van der Waals surface area contributed by atoms with Crippen LogP contribution < -0.4 is 4.90 Å². The maximum atomic E-state index is 11.4. The minimum Gasteiger partial charge on any atom is -0.507 e. The van der Waals surface area contributed by atoms with Crippen molar-refractivity contribution in [2.45, 2.75) is 12.8 Å². The first kappa shape index (κ1) is 9.52. The van der Waals surface area contributed by atoms with E-state index in [0.29, 0.717) is 10.9 Å². The summed E-state index contributed by atoms with van der Waals surface area (Å²) in [7, 11) is 1.73. The summed E-state index contributed by atoms with van der Waals surface area (Å²) in [5.74, 6) is 0.268. The van der Waals surface area contributed by atoms with E-state index >= 15 is 0 Å². The lowest BCUT2D eigenvalue weighted by Gasteiger charge is -2.26. The number of halogens is 1. The quantitative estimate of drug-likeness (QED) is 0.771. The molecule has 0 atom stereocenters. The second-order valence-corrected chi connectivity index (χ2v) is 4.24. The van der Waals surface area contributed by atoms with Crippen LogP contribution in [0.5, 0.6) is 5.75 Å². The number of hydrogen-bond acceptors (Lipinski definition) is 2. The fourth-order valence-corrected chi connectivity index (χ4v) is 2.04. The van der Waals surface area contributed by atoms with Crippen molar-refractivity contribution in [3.63, 3.8) is 0 Å². The lowest BCUT2D eigenvalue weighted by atomic mass is 10.0. The SMILES string of the molecule is CN1C(=O)CCc2cc(Br)c(O)cc21. The van der Waals surface area contributed by atoms with Gasteiger partial charge in [-0.2, -0.15) is 0 Å². The Kier molecular flexibility index (Phi) is 2.23. The number of phenols is 1. The summed E-state index contributed by atoms with van der Waals surface area (Å²) < 4.78 is 0.680. The van der Waals surface area contributed by atoms with E-state index < -0.39 is 0 Å². The Bertz CT molecular complexity index is 403. The molecule has 0 aliphatic carbocycles. The predicted molar refractivity (Wildman–Crippen MR) is 57.5 cm³/mol. The number of hydrogen-bond donors (Lipinski definition) is 1. The molecule has 74 valence electrons. The van der Waals surface area contributed by atoms with E-state index in [0.717, 1.165) is 17.7 Å². The molecule has 0 aromatic heterocycles. The Morgan fingerprint density at radius 1 is 1.43 bits per heavy atom. The van der Waals surface area contributed by atoms with Crippen molar-refractivity contribution >= 4 is 27.5 Å². The second kappa shape index (κ2) is 3.28. The van der Waals surface area contributed by atoms with Crippen LogP contribution in [0.25, 0.3) is 0 Å². The van der Waals surface area contributed by atoms with Crippen molar-refractivity contribution in [3.8, 4) is 5.75 Å². The molecule has 2 rings (SSSR count). The first-order valence-corrected chi connectivity index (χ1v) is 5.17. The summed E-state index contributed by atoms with van der Waals surface area (Å²) in [6, 6.07) is 3.49. The minimum absolute atomic E-state index is 0.0965. The Morgan fingerprint density at radius 2 is 2.14 bits per heavy atom. The van der Waals surface area contributed by atoms with Gasteiger partial charge in [-0.15, -0.1) is 0 Å². The molecular weight excluding hydrogens is 246 g/mol. The molecule has 1 heterocycles. The van der Waals surface area contributed by atoms with Crippen molar-refractivity contribution in [1.29, 1.82) is 0 Å². The molecule has 0 spiro atoms. The zero-order valence-corrected chi connectivity index (χ0v) is 9.34. The van der Waals surface area contributed by atoms with Crippen molar-refractivity contribution in [2.75, 3.05) is 11.9 Å². The lowest BCUT2D eigenvalue weighted by Crippen LogP contribution is -2.30. The number of phenolic OH excluding ortho intramolecular Hbond substituents is 1. The third-order valence-corrected chi connectivity index (χ3v) is 3.13. The van der Waals surface area contributed by atoms with Crippen LogP contribution in [0.3, 0.4) is 0 Å². The highest BCUT2D eigenvalue weighted by Gasteiger charge is 2.21. The zero-order chi connectivity index (χ0) is 10.3. The molecule has 0 unspecified atom stereocenters. The zero-order valence-electron chi connectivity index (χ0n) is 7.75. The number of benzene rings is 1. The van der Waals surface area contributed by atoms with Gasteiger partial charge in [-0.3, -0.25) is 4.79 Å². The Labute approximate surface area is 90.5 Å². The van der Waals surface area contributed by atoms with Crippen LogP contribution in [0.4, 0.5) is 5.69 Å². The van der Waals surface area contributed by atoms with Crippen molar-refractivity contribution in [1.82, 2.24) is 0 Å². The number of carbonyl (C=O) groups is 1. The number of anilines is 1. The van der Waals surface area contributed by atoms with Gasteiger partial charge in [-0.25, -0.2) is 0 Å². The molecule has 0 saturated carbocycles. The third-order valence-electron chi connectivity index (χ3n) is 2.49. The number of fused-ring (bicyclic) bond motifs is 1. The number of aryl methyl sites for hydroxylation is 1. The Balaban J connectivity index is 2.55. The molecule has 0 saturated heterocycles. The molecule has 1 N–H and O–H groups in total. The summed E-state index contributed by atoms with van der Waals surface area (Å²) >= 11 is 3.26. The van der Waals surface area contributed by atoms with Gasteiger partial charge < -0.3 is 10.0 Å². The monoisotopic (exact) mass is 255 g/mol. The summed E-state index contributed by atoms with van der Waals surface area (Å²) in [6.45, 7) is 0. The molecule has 1 aromatic rings. The van der Waals surface area contributed by atoms with Crippen molar-refractivity contribution < 1.29 is 9.90 Å². The summed E-state index contributed by atoms with van der Waals surface area (Å²) in [4.78, 5) is 13.0. The number of nitrogens with zero attached hydrogens (tertiary/aromatic N) is 1. The highest BCUT2D eigenvalue weighted by atomic mass is 79.9. The molecule has 0 fully saturated rings. The maximum Gasteiger partial charge on any atom is 0.227 e. The average Bonchev–Trinajstić information content (AvgIpc) is 2.15. The van der Waals surface area contributed by atoms with Crippen LogP contribution in [-0.4, -0.2) is 18.1 Å². The van der Waals surface area contributed by atoms with Crippen LogP contribution >= 0.6 is 15.9 Å². The minimum atomic E-state index is 0.0965. The van der Waals surface area contributed by atoms with Crippen molar-refractivity contribution in [2.24, 2.45) is 0 Å². The van der Waals surface area contributed by atoms with Gasteiger partial charge in [-0.05, 0) is 34.0 Å². The van der Waals surface area contributed by atoms with E-state index in [4.69, 9.17) is 0 Å². The first-order valence-electron chi connectivity index (χ1n) is 4.37. The molecule has 1 amide bonds. The van der Waals surface area contributed by atoms with Crippen LogP contribution in [0.1, 0.15) is 12.0 Å². The molecule has 3 nitrogen and oxygen atoms in total. The summed E-state index contributed by atoms with van der Waals surface area (Å²) in [6.07, 6.45) is 1.29. The number of rotatable bonds is 0. The molecule has 14 heavy (non-hydrogen) atoms. The molecule has 0 bridgehead atoms. The number of aromatic hydroxyl groups is 1. The van der Waals surface area contributed by atoms with Crippen LogP contribution in [0.15, 0.2) is 16.6 Å². The molecule has 1 aliphatic heterocycles. The highest BCUT2D eigenvalue weighted by molar-refractivity contribution is 9.10. The van der Waals surface area contributed by atoms with Gasteiger partial charge >= 0.3 is 0 Å². The maximum absolute atomic E-state index is 11.4. The number of carbonyl (C=O) groups excluding carboxylic acids is 1. The summed E-state index contributed by atoms with van der Waals surface area (Å²) in [5.41, 5.74) is 1.90. The average molecular weight is 256 g/mol. The smallest absolute Gasteiger partial charge is 0.227 e. The van der Waals surface area contributed by atoms with Gasteiger partial charge in [0.15, 0.2) is 0 Å². The van der Waals surface area contributed by atoms with Gasteiger partial charge in [0.2, 0.25) is 5.91 Å². The van der Waals surface area contributed by atoms with E-state index in [1.807, 2.05) is 6.07 Å². The normalized spacial score (nSPS) is 15.6. The first-order chi connectivity index (χ1) is 6.59. The van der Waals surface area contributed by atoms with Crippen LogP contribution in [-0.2, 0) is 11.2 Å². The Morgan fingerprint density at radius 3 is 2.86 bits per heavy atom. The largest absolute Gasteiger partial charge is 0.507 e. The van der Waals surface area contributed by atoms with Gasteiger partial charge in [0.05, 0.1) is 10.2 Å². The fourth-order valence-electron chi connectivity index (χ4n) is 1.65. The number of amides is 1. The van der Waals surface area contributed by atoms with Gasteiger partial charge in [0, 0.05) is 19.5 Å². The third kappa shape index (κ3) is 1.39. The lowest BCUT2D eigenvalue weighted by molar-refractivity contribution is -0.118. The molecule has 4 heteroatoms. The van der Waals surface area contributed by atoms with E-state index in [9.17, 15) is 9.90 Å². The standard InChI is InChI=1S/C10H10BrNO2/c1-12-8-5-9(13)7(11)4-6(8)2-3-10(12)14/h4-5,13H,2-3H2,1H3. The highest BCUT2D eigenvalue weighted by Crippen LogP contribution is 2.35. The van der Waals surface area contributed by atoms with Gasteiger partial charge in [0.25, 0.3) is 0 Å². The van der Waals surface area contributed by atoms with Crippen molar-refractivity contribution in [3.05, 3.63) is 22.2 Å². The van der Waals surface area contributed by atoms with Crippen LogP contribution in [0.2, 0.25) is 0 Å². The van der Waals surface area contributed by atoms with E-state index in [1.165, 1.54) is 0 Å². The predicted octanol–water partition coefficient (Wildman–Crippen LogP) is 2.06. The van der Waals surface area contributed by atoms with Gasteiger partial charge in [0.1, 0.15) is 5.75 Å². The van der Waals surface area contributed by atoms with E-state index in [2.05, 4.69) is 15.9 Å². The molecule has 0 radical (unpaired) electrons. The van der Waals surface area contributed by atoms with E-state index in [-0.39, 0.29) is 11.7 Å². The summed E-state index contributed by atoms with van der Waals surface area (Å²) in [5, 5.41) is 9.49. The second-order valence-electron chi connectivity index (χ2n) is 3.39. The topological polar surface area (TPSA) is 40.5 Å². The Hall–Kier alpha value is -1.03. The van der Waals surface area contributed by atoms with Crippen LogP contribution in [0, 0.1) is 0 Å². The van der Waals surface area contributed by atoms with E-state index in [1.54, 1.807) is 18.0 Å². The molecule has 1 aromatic carbocycles. The molecule has 1 aliphatic rings. The van der Waals surface area contributed by atoms with Gasteiger partial charge in [-0.1, -0.05) is 0 Å². The fraction of sp³-hybridized carbons (Fsp3) is 0.300.